The molecular weight excluding hydrogens is 481 g/mol. The van der Waals surface area contributed by atoms with Gasteiger partial charge in [-0.15, -0.1) is 0 Å². The SMILES string of the molecule is CN(C)C(=O)N1CCN(C(=O)Oc2c3cccnc3c(O)c3c(O)n(Cc4ccc(F)cc4)cc23)CC1. The summed E-state index contributed by atoms with van der Waals surface area (Å²) in [6.45, 7) is 1.53. The van der Waals surface area contributed by atoms with Gasteiger partial charge in [-0.05, 0) is 29.8 Å². The molecule has 37 heavy (non-hydrogen) atoms. The third-order valence-electron chi connectivity index (χ3n) is 6.45. The molecule has 3 heterocycles. The molecule has 0 spiro atoms. The van der Waals surface area contributed by atoms with Crippen LogP contribution < -0.4 is 4.74 Å². The van der Waals surface area contributed by atoms with Crippen LogP contribution in [0, 0.1) is 5.82 Å². The molecule has 1 aliphatic rings. The smallest absolute Gasteiger partial charge is 0.415 e. The zero-order chi connectivity index (χ0) is 26.3. The number of nitrogens with zero attached hydrogens (tertiary/aromatic N) is 5. The Balaban J connectivity index is 1.50. The van der Waals surface area contributed by atoms with Crippen LogP contribution in [-0.4, -0.2) is 86.9 Å². The maximum atomic E-state index is 13.3. The highest BCUT2D eigenvalue weighted by molar-refractivity contribution is 6.12. The molecule has 2 N–H and O–H groups in total. The average molecular weight is 508 g/mol. The first-order valence-corrected chi connectivity index (χ1v) is 11.7. The maximum Gasteiger partial charge on any atom is 0.415 e. The number of piperazine rings is 1. The number of halogens is 1. The normalized spacial score (nSPS) is 13.8. The van der Waals surface area contributed by atoms with E-state index in [1.165, 1.54) is 32.7 Å². The van der Waals surface area contributed by atoms with Crippen molar-refractivity contribution in [3.8, 4) is 17.4 Å². The van der Waals surface area contributed by atoms with Gasteiger partial charge in [-0.2, -0.15) is 0 Å². The first-order valence-electron chi connectivity index (χ1n) is 11.7. The van der Waals surface area contributed by atoms with Crippen LogP contribution in [0.1, 0.15) is 5.56 Å². The van der Waals surface area contributed by atoms with Gasteiger partial charge < -0.3 is 34.2 Å². The van der Waals surface area contributed by atoms with E-state index in [1.807, 2.05) is 0 Å². The van der Waals surface area contributed by atoms with E-state index < -0.39 is 6.09 Å². The lowest BCUT2D eigenvalue weighted by Gasteiger charge is -2.35. The van der Waals surface area contributed by atoms with E-state index in [2.05, 4.69) is 4.98 Å². The summed E-state index contributed by atoms with van der Waals surface area (Å²) in [5.41, 5.74) is 0.900. The Labute approximate surface area is 211 Å². The summed E-state index contributed by atoms with van der Waals surface area (Å²) in [6.07, 6.45) is 2.46. The summed E-state index contributed by atoms with van der Waals surface area (Å²) in [4.78, 5) is 34.3. The predicted octanol–water partition coefficient (Wildman–Crippen LogP) is 3.59. The number of urea groups is 1. The fourth-order valence-electron chi connectivity index (χ4n) is 4.52. The number of carbonyl (C=O) groups excluding carboxylic acids is 2. The molecule has 0 atom stereocenters. The van der Waals surface area contributed by atoms with Crippen molar-refractivity contribution < 1.29 is 28.9 Å². The van der Waals surface area contributed by atoms with Crippen molar-refractivity contribution in [2.75, 3.05) is 40.3 Å². The van der Waals surface area contributed by atoms with Gasteiger partial charge in [0.1, 0.15) is 11.3 Å². The number of hydrogen-bond acceptors (Lipinski definition) is 6. The average Bonchev–Trinajstić information content (AvgIpc) is 3.23. The van der Waals surface area contributed by atoms with E-state index >= 15 is 0 Å². The van der Waals surface area contributed by atoms with Crippen LogP contribution in [0.2, 0.25) is 0 Å². The van der Waals surface area contributed by atoms with Gasteiger partial charge in [0.05, 0.1) is 17.3 Å². The number of rotatable bonds is 3. The number of pyridine rings is 1. The summed E-state index contributed by atoms with van der Waals surface area (Å²) in [6, 6.07) is 9.05. The number of amides is 3. The number of benzene rings is 2. The van der Waals surface area contributed by atoms with E-state index in [4.69, 9.17) is 4.74 Å². The van der Waals surface area contributed by atoms with E-state index in [1.54, 1.807) is 49.5 Å². The van der Waals surface area contributed by atoms with Crippen molar-refractivity contribution in [2.24, 2.45) is 0 Å². The summed E-state index contributed by atoms with van der Waals surface area (Å²) in [7, 11) is 3.35. The minimum absolute atomic E-state index is 0.0949. The molecule has 0 saturated carbocycles. The predicted molar refractivity (Wildman–Crippen MR) is 134 cm³/mol. The molecule has 4 aromatic rings. The molecule has 0 bridgehead atoms. The van der Waals surface area contributed by atoms with Crippen LogP contribution >= 0.6 is 0 Å². The van der Waals surface area contributed by atoms with Crippen molar-refractivity contribution >= 4 is 33.8 Å². The number of ether oxygens (including phenoxy) is 1. The van der Waals surface area contributed by atoms with Crippen LogP contribution in [0.3, 0.4) is 0 Å². The monoisotopic (exact) mass is 507 g/mol. The highest BCUT2D eigenvalue weighted by atomic mass is 19.1. The Bertz CT molecular complexity index is 1490. The molecule has 10 nitrogen and oxygen atoms in total. The van der Waals surface area contributed by atoms with E-state index in [0.717, 1.165) is 5.56 Å². The topological polar surface area (TPSA) is 111 Å². The first-order chi connectivity index (χ1) is 17.7. The van der Waals surface area contributed by atoms with Crippen LogP contribution in [0.4, 0.5) is 14.0 Å². The third kappa shape index (κ3) is 4.44. The van der Waals surface area contributed by atoms with Gasteiger partial charge in [-0.25, -0.2) is 14.0 Å². The quantitative estimate of drug-likeness (QED) is 0.439. The van der Waals surface area contributed by atoms with Gasteiger partial charge in [-0.3, -0.25) is 4.98 Å². The van der Waals surface area contributed by atoms with Crippen LogP contribution in [0.15, 0.2) is 48.8 Å². The van der Waals surface area contributed by atoms with Gasteiger partial charge in [0.15, 0.2) is 11.5 Å². The highest BCUT2D eigenvalue weighted by Crippen LogP contribution is 2.46. The van der Waals surface area contributed by atoms with Gasteiger partial charge >= 0.3 is 12.1 Å². The molecule has 11 heteroatoms. The Morgan fingerprint density at radius 1 is 1.03 bits per heavy atom. The molecule has 0 aliphatic carbocycles. The summed E-state index contributed by atoms with van der Waals surface area (Å²) in [5.74, 6) is -0.698. The fraction of sp³-hybridized carbons (Fsp3) is 0.269. The molecule has 5 rings (SSSR count). The molecule has 1 aliphatic heterocycles. The molecule has 1 saturated heterocycles. The molecule has 2 aromatic carbocycles. The number of aromatic hydroxyl groups is 2. The third-order valence-corrected chi connectivity index (χ3v) is 6.45. The lowest BCUT2D eigenvalue weighted by Crippen LogP contribution is -2.53. The van der Waals surface area contributed by atoms with E-state index in [9.17, 15) is 24.2 Å². The van der Waals surface area contributed by atoms with Gasteiger partial charge in [0.25, 0.3) is 0 Å². The summed E-state index contributed by atoms with van der Waals surface area (Å²) < 4.78 is 20.7. The molecule has 3 amide bonds. The number of hydrogen-bond donors (Lipinski definition) is 2. The second-order valence-corrected chi connectivity index (χ2v) is 9.09. The second kappa shape index (κ2) is 9.49. The molecule has 2 aromatic heterocycles. The Kier molecular flexibility index (Phi) is 6.20. The lowest BCUT2D eigenvalue weighted by atomic mass is 10.1. The molecule has 0 radical (unpaired) electrons. The number of aromatic nitrogens is 2. The number of carbonyl (C=O) groups is 2. The maximum absolute atomic E-state index is 13.3. The number of fused-ring (bicyclic) bond motifs is 2. The Hall–Kier alpha value is -4.54. The van der Waals surface area contributed by atoms with Crippen molar-refractivity contribution in [1.29, 1.82) is 0 Å². The van der Waals surface area contributed by atoms with Crippen molar-refractivity contribution in [3.05, 3.63) is 60.2 Å². The summed E-state index contributed by atoms with van der Waals surface area (Å²) in [5, 5.41) is 22.8. The van der Waals surface area contributed by atoms with Crippen molar-refractivity contribution in [3.63, 3.8) is 0 Å². The highest BCUT2D eigenvalue weighted by Gasteiger charge is 2.29. The van der Waals surface area contributed by atoms with Gasteiger partial charge in [0.2, 0.25) is 5.88 Å². The van der Waals surface area contributed by atoms with Crippen LogP contribution in [0.5, 0.6) is 17.4 Å². The van der Waals surface area contributed by atoms with E-state index in [0.29, 0.717) is 37.0 Å². The van der Waals surface area contributed by atoms with E-state index in [-0.39, 0.29) is 46.7 Å². The number of phenols is 1. The second-order valence-electron chi connectivity index (χ2n) is 9.09. The fourth-order valence-corrected chi connectivity index (χ4v) is 4.52. The van der Waals surface area contributed by atoms with Gasteiger partial charge in [0, 0.05) is 58.1 Å². The van der Waals surface area contributed by atoms with Crippen LogP contribution in [0.25, 0.3) is 21.7 Å². The minimum Gasteiger partial charge on any atom is -0.505 e. The summed E-state index contributed by atoms with van der Waals surface area (Å²) >= 11 is 0. The van der Waals surface area contributed by atoms with Crippen LogP contribution in [-0.2, 0) is 6.54 Å². The minimum atomic E-state index is -0.611. The first kappa shape index (κ1) is 24.2. The number of phenolic OH excluding ortho intramolecular Hbond substituents is 1. The molecule has 192 valence electrons. The zero-order valence-electron chi connectivity index (χ0n) is 20.4. The largest absolute Gasteiger partial charge is 0.505 e. The zero-order valence-corrected chi connectivity index (χ0v) is 20.4. The molecular formula is C26H26FN5O5. The Morgan fingerprint density at radius 2 is 1.70 bits per heavy atom. The molecule has 0 unspecified atom stereocenters. The van der Waals surface area contributed by atoms with Crippen molar-refractivity contribution in [2.45, 2.75) is 6.54 Å². The van der Waals surface area contributed by atoms with Crippen molar-refractivity contribution in [1.82, 2.24) is 24.3 Å². The standard InChI is InChI=1S/C26H26FN5O5/c1-29(2)25(35)30-10-12-31(13-11-30)26(36)37-23-18-4-3-9-28-21(18)22(33)20-19(23)15-32(24(20)34)14-16-5-7-17(27)8-6-16/h3-9,15,33-34H,10-14H2,1-2H3. The lowest BCUT2D eigenvalue weighted by molar-refractivity contribution is 0.109. The Morgan fingerprint density at radius 3 is 2.38 bits per heavy atom. The van der Waals surface area contributed by atoms with Gasteiger partial charge in [-0.1, -0.05) is 12.1 Å². The molecule has 1 fully saturated rings.